The van der Waals surface area contributed by atoms with Crippen molar-refractivity contribution in [1.29, 1.82) is 0 Å². The van der Waals surface area contributed by atoms with Crippen LogP contribution >= 0.6 is 15.9 Å². The molecule has 0 aliphatic rings. The van der Waals surface area contributed by atoms with Crippen molar-refractivity contribution in [2.75, 3.05) is 5.32 Å². The third kappa shape index (κ3) is 3.61. The summed E-state index contributed by atoms with van der Waals surface area (Å²) in [5, 5.41) is 24.0. The summed E-state index contributed by atoms with van der Waals surface area (Å²) in [5.74, 6) is -0.524. The molecule has 1 amide bonds. The number of nitro benzene ring substituents is 2. The molecule has 0 saturated carbocycles. The van der Waals surface area contributed by atoms with E-state index in [2.05, 4.69) is 26.2 Å². The lowest BCUT2D eigenvalue weighted by Gasteiger charge is -2.04. The Bertz CT molecular complexity index is 730. The molecule has 0 fully saturated rings. The average Bonchev–Trinajstić information content (AvgIpc) is 2.49. The maximum atomic E-state index is 12.0. The molecule has 0 bridgehead atoms. The second-order valence-electron chi connectivity index (χ2n) is 4.07. The van der Waals surface area contributed by atoms with Gasteiger partial charge in [0.05, 0.1) is 21.5 Å². The lowest BCUT2D eigenvalue weighted by Crippen LogP contribution is -2.13. The van der Waals surface area contributed by atoms with Gasteiger partial charge in [0.15, 0.2) is 0 Å². The van der Waals surface area contributed by atoms with E-state index in [1.165, 1.54) is 12.3 Å². The fourth-order valence-corrected chi connectivity index (χ4v) is 1.81. The molecule has 2 rings (SSSR count). The lowest BCUT2D eigenvalue weighted by molar-refractivity contribution is -0.394. The van der Waals surface area contributed by atoms with Crippen LogP contribution in [0.15, 0.2) is 41.0 Å². The number of carbonyl (C=O) groups is 1. The number of non-ortho nitro benzene ring substituents is 2. The standard InChI is InChI=1S/C12H7BrN4O5/c13-8-1-2-11(14-6-8)15-12(18)7-3-9(16(19)20)5-10(4-7)17(21)22/h1-6H,(H,14,15,18). The Morgan fingerprint density at radius 2 is 1.68 bits per heavy atom. The molecule has 0 radical (unpaired) electrons. The third-order valence-electron chi connectivity index (χ3n) is 2.56. The molecule has 10 heteroatoms. The van der Waals surface area contributed by atoms with Gasteiger partial charge in [-0.3, -0.25) is 25.0 Å². The van der Waals surface area contributed by atoms with Crippen LogP contribution in [-0.2, 0) is 0 Å². The van der Waals surface area contributed by atoms with Crippen molar-refractivity contribution in [2.45, 2.75) is 0 Å². The van der Waals surface area contributed by atoms with Gasteiger partial charge in [0.1, 0.15) is 5.82 Å². The highest BCUT2D eigenvalue weighted by Gasteiger charge is 2.20. The molecule has 1 aromatic carbocycles. The number of amides is 1. The molecule has 1 heterocycles. The SMILES string of the molecule is O=C(Nc1ccc(Br)cn1)c1cc([N+](=O)[O-])cc([N+](=O)[O-])c1. The quantitative estimate of drug-likeness (QED) is 0.654. The van der Waals surface area contributed by atoms with E-state index in [4.69, 9.17) is 0 Å². The highest BCUT2D eigenvalue weighted by atomic mass is 79.9. The van der Waals surface area contributed by atoms with Crippen LogP contribution in [0.25, 0.3) is 0 Å². The van der Waals surface area contributed by atoms with Crippen LogP contribution in [0.5, 0.6) is 0 Å². The monoisotopic (exact) mass is 366 g/mol. The first kappa shape index (κ1) is 15.5. The summed E-state index contributed by atoms with van der Waals surface area (Å²) < 4.78 is 0.705. The van der Waals surface area contributed by atoms with Crippen molar-refractivity contribution in [1.82, 2.24) is 4.98 Å². The van der Waals surface area contributed by atoms with Crippen molar-refractivity contribution in [3.8, 4) is 0 Å². The van der Waals surface area contributed by atoms with Gasteiger partial charge in [-0.1, -0.05) is 0 Å². The molecule has 0 spiro atoms. The first-order chi connectivity index (χ1) is 10.4. The Morgan fingerprint density at radius 3 is 2.14 bits per heavy atom. The van der Waals surface area contributed by atoms with Gasteiger partial charge in [0.2, 0.25) is 0 Å². The van der Waals surface area contributed by atoms with Crippen molar-refractivity contribution >= 4 is 39.0 Å². The van der Waals surface area contributed by atoms with Gasteiger partial charge in [-0.2, -0.15) is 0 Å². The predicted octanol–water partition coefficient (Wildman–Crippen LogP) is 2.91. The van der Waals surface area contributed by atoms with Gasteiger partial charge >= 0.3 is 0 Å². The number of hydrogen-bond donors (Lipinski definition) is 1. The average molecular weight is 367 g/mol. The minimum Gasteiger partial charge on any atom is -0.307 e. The molecule has 1 N–H and O–H groups in total. The molecular formula is C12H7BrN4O5. The van der Waals surface area contributed by atoms with E-state index in [0.29, 0.717) is 4.47 Å². The largest absolute Gasteiger partial charge is 0.307 e. The van der Waals surface area contributed by atoms with Crippen LogP contribution in [-0.4, -0.2) is 20.7 Å². The maximum Gasteiger partial charge on any atom is 0.277 e. The van der Waals surface area contributed by atoms with Gasteiger partial charge in [-0.15, -0.1) is 0 Å². The highest BCUT2D eigenvalue weighted by Crippen LogP contribution is 2.23. The number of nitrogens with one attached hydrogen (secondary N) is 1. The molecule has 1 aromatic heterocycles. The number of halogens is 1. The van der Waals surface area contributed by atoms with Crippen LogP contribution in [0, 0.1) is 20.2 Å². The number of anilines is 1. The van der Waals surface area contributed by atoms with E-state index in [1.54, 1.807) is 6.07 Å². The summed E-state index contributed by atoms with van der Waals surface area (Å²) in [5.41, 5.74) is -1.28. The molecular weight excluding hydrogens is 360 g/mol. The van der Waals surface area contributed by atoms with Crippen molar-refractivity contribution in [3.05, 3.63) is 66.8 Å². The van der Waals surface area contributed by atoms with E-state index in [-0.39, 0.29) is 11.4 Å². The molecule has 0 unspecified atom stereocenters. The molecule has 0 aliphatic carbocycles. The second kappa shape index (κ2) is 6.26. The van der Waals surface area contributed by atoms with Gasteiger partial charge in [0.25, 0.3) is 17.3 Å². The van der Waals surface area contributed by atoms with Gasteiger partial charge < -0.3 is 5.32 Å². The van der Waals surface area contributed by atoms with Gasteiger partial charge in [-0.25, -0.2) is 4.98 Å². The number of benzene rings is 1. The number of nitrogens with zero attached hydrogens (tertiary/aromatic N) is 3. The van der Waals surface area contributed by atoms with Crippen LogP contribution in [0.1, 0.15) is 10.4 Å². The zero-order chi connectivity index (χ0) is 16.3. The van der Waals surface area contributed by atoms with Gasteiger partial charge in [-0.05, 0) is 28.1 Å². The topological polar surface area (TPSA) is 128 Å². The number of nitro groups is 2. The molecule has 0 aliphatic heterocycles. The number of aromatic nitrogens is 1. The Morgan fingerprint density at radius 1 is 1.09 bits per heavy atom. The Hall–Kier alpha value is -2.88. The first-order valence-corrected chi connectivity index (χ1v) is 6.53. The smallest absolute Gasteiger partial charge is 0.277 e. The molecule has 9 nitrogen and oxygen atoms in total. The highest BCUT2D eigenvalue weighted by molar-refractivity contribution is 9.10. The summed E-state index contributed by atoms with van der Waals surface area (Å²) in [6, 6.07) is 5.85. The Labute approximate surface area is 131 Å². The van der Waals surface area contributed by atoms with E-state index in [0.717, 1.165) is 18.2 Å². The predicted molar refractivity (Wildman–Crippen MR) is 79.6 cm³/mol. The molecule has 22 heavy (non-hydrogen) atoms. The molecule has 112 valence electrons. The molecule has 0 saturated heterocycles. The Kier molecular flexibility index (Phi) is 4.41. The van der Waals surface area contributed by atoms with Gasteiger partial charge in [0, 0.05) is 22.8 Å². The van der Waals surface area contributed by atoms with E-state index < -0.39 is 27.1 Å². The maximum absolute atomic E-state index is 12.0. The number of rotatable bonds is 4. The summed E-state index contributed by atoms with van der Waals surface area (Å²) in [4.78, 5) is 35.9. The van der Waals surface area contributed by atoms with E-state index in [1.807, 2.05) is 0 Å². The fraction of sp³-hybridized carbons (Fsp3) is 0. The van der Waals surface area contributed by atoms with Crippen LogP contribution in [0.3, 0.4) is 0 Å². The summed E-state index contributed by atoms with van der Waals surface area (Å²) in [6.07, 6.45) is 1.45. The number of hydrogen-bond acceptors (Lipinski definition) is 6. The molecule has 2 aromatic rings. The minimum atomic E-state index is -0.804. The van der Waals surface area contributed by atoms with Crippen LogP contribution in [0.2, 0.25) is 0 Å². The van der Waals surface area contributed by atoms with E-state index >= 15 is 0 Å². The minimum absolute atomic E-state index is 0.203. The lowest BCUT2D eigenvalue weighted by atomic mass is 10.1. The fourth-order valence-electron chi connectivity index (χ4n) is 1.58. The summed E-state index contributed by atoms with van der Waals surface area (Å²) in [6.45, 7) is 0. The number of pyridine rings is 1. The molecule has 0 atom stereocenters. The zero-order valence-corrected chi connectivity index (χ0v) is 12.3. The van der Waals surface area contributed by atoms with Crippen molar-refractivity contribution < 1.29 is 14.6 Å². The normalized spacial score (nSPS) is 10.0. The summed E-state index contributed by atoms with van der Waals surface area (Å²) in [7, 11) is 0. The third-order valence-corrected chi connectivity index (χ3v) is 3.02. The number of carbonyl (C=O) groups excluding carboxylic acids is 1. The van der Waals surface area contributed by atoms with Crippen molar-refractivity contribution in [2.24, 2.45) is 0 Å². The Balaban J connectivity index is 2.34. The van der Waals surface area contributed by atoms with Crippen LogP contribution < -0.4 is 5.32 Å². The zero-order valence-electron chi connectivity index (χ0n) is 10.7. The second-order valence-corrected chi connectivity index (χ2v) is 4.98. The summed E-state index contributed by atoms with van der Waals surface area (Å²) >= 11 is 3.18. The first-order valence-electron chi connectivity index (χ1n) is 5.73. The van der Waals surface area contributed by atoms with E-state index in [9.17, 15) is 25.0 Å². The van der Waals surface area contributed by atoms with Crippen LogP contribution in [0.4, 0.5) is 17.2 Å². The van der Waals surface area contributed by atoms with Crippen molar-refractivity contribution in [3.63, 3.8) is 0 Å².